The summed E-state index contributed by atoms with van der Waals surface area (Å²) in [6.45, 7) is 4.52. The van der Waals surface area contributed by atoms with E-state index >= 15 is 0 Å². The second kappa shape index (κ2) is 11.1. The zero-order chi connectivity index (χ0) is 22.2. The van der Waals surface area contributed by atoms with Crippen molar-refractivity contribution in [2.45, 2.75) is 51.4 Å². The number of nitrogens with zero attached hydrogens (tertiary/aromatic N) is 4. The highest BCUT2D eigenvalue weighted by atomic mass is 16.2. The van der Waals surface area contributed by atoms with Crippen LogP contribution in [-0.2, 0) is 9.59 Å². The van der Waals surface area contributed by atoms with Crippen molar-refractivity contribution in [2.24, 2.45) is 0 Å². The Balaban J connectivity index is 1.34. The molecule has 1 aromatic carbocycles. The number of hydrogen-bond donors (Lipinski definition) is 2. The zero-order valence-electron chi connectivity index (χ0n) is 18.8. The van der Waals surface area contributed by atoms with E-state index in [1.807, 2.05) is 34.1 Å². The maximum Gasteiger partial charge on any atom is 0.225 e. The average molecular weight is 439 g/mol. The number of para-hydroxylation sites is 1. The third-order valence-corrected chi connectivity index (χ3v) is 6.27. The first kappa shape index (κ1) is 22.3. The van der Waals surface area contributed by atoms with Gasteiger partial charge in [-0.15, -0.1) is 0 Å². The SMILES string of the molecule is O=C(CCNc1nc(NCCC(=O)N2CCCCC2)c2ccccc2n1)N1CCCCC1. The van der Waals surface area contributed by atoms with Crippen LogP contribution in [-0.4, -0.2) is 70.9 Å². The molecule has 8 heteroatoms. The molecule has 2 amide bonds. The predicted octanol–water partition coefficient (Wildman–Crippen LogP) is 3.26. The lowest BCUT2D eigenvalue weighted by molar-refractivity contribution is -0.132. The number of piperidine rings is 2. The van der Waals surface area contributed by atoms with E-state index in [0.717, 1.165) is 62.8 Å². The van der Waals surface area contributed by atoms with Crippen molar-refractivity contribution in [1.29, 1.82) is 0 Å². The second-order valence-electron chi connectivity index (χ2n) is 8.65. The van der Waals surface area contributed by atoms with Crippen LogP contribution >= 0.6 is 0 Å². The summed E-state index contributed by atoms with van der Waals surface area (Å²) in [5.74, 6) is 1.60. The van der Waals surface area contributed by atoms with Crippen molar-refractivity contribution in [3.8, 4) is 0 Å². The van der Waals surface area contributed by atoms with Gasteiger partial charge in [0.2, 0.25) is 17.8 Å². The highest BCUT2D eigenvalue weighted by Gasteiger charge is 2.17. The molecule has 4 rings (SSSR count). The number of benzene rings is 1. The molecule has 0 aliphatic carbocycles. The van der Waals surface area contributed by atoms with Crippen molar-refractivity contribution < 1.29 is 9.59 Å². The van der Waals surface area contributed by atoms with E-state index in [2.05, 4.69) is 20.6 Å². The van der Waals surface area contributed by atoms with Crippen LogP contribution in [0.5, 0.6) is 0 Å². The number of aromatic nitrogens is 2. The standard InChI is InChI=1S/C24H34N6O2/c31-21(29-15-5-1-6-16-29)11-13-25-23-19-9-3-4-10-20(19)27-24(28-23)26-14-12-22(32)30-17-7-2-8-18-30/h3-4,9-10H,1-2,5-8,11-18H2,(H2,25,26,27,28). The highest BCUT2D eigenvalue weighted by Crippen LogP contribution is 2.22. The first-order valence-electron chi connectivity index (χ1n) is 12.0. The van der Waals surface area contributed by atoms with Gasteiger partial charge in [0, 0.05) is 57.5 Å². The van der Waals surface area contributed by atoms with Gasteiger partial charge in [-0.05, 0) is 50.7 Å². The number of anilines is 2. The smallest absolute Gasteiger partial charge is 0.225 e. The van der Waals surface area contributed by atoms with Crippen LogP contribution < -0.4 is 10.6 Å². The Morgan fingerprint density at radius 2 is 1.31 bits per heavy atom. The minimum Gasteiger partial charge on any atom is -0.369 e. The molecule has 0 unspecified atom stereocenters. The van der Waals surface area contributed by atoms with Crippen LogP contribution in [0.3, 0.4) is 0 Å². The molecule has 0 atom stereocenters. The Morgan fingerprint density at radius 1 is 0.750 bits per heavy atom. The maximum atomic E-state index is 12.5. The fraction of sp³-hybridized carbons (Fsp3) is 0.583. The third kappa shape index (κ3) is 5.87. The zero-order valence-corrected chi connectivity index (χ0v) is 18.8. The molecule has 2 saturated heterocycles. The molecule has 0 saturated carbocycles. The van der Waals surface area contributed by atoms with Crippen LogP contribution in [0.1, 0.15) is 51.4 Å². The van der Waals surface area contributed by atoms with Gasteiger partial charge in [0.25, 0.3) is 0 Å². The minimum atomic E-state index is 0.188. The molecule has 32 heavy (non-hydrogen) atoms. The van der Waals surface area contributed by atoms with Crippen molar-refractivity contribution >= 4 is 34.5 Å². The third-order valence-electron chi connectivity index (χ3n) is 6.27. The number of nitrogens with one attached hydrogen (secondary N) is 2. The van der Waals surface area contributed by atoms with Gasteiger partial charge in [-0.25, -0.2) is 4.98 Å². The molecule has 8 nitrogen and oxygen atoms in total. The fourth-order valence-electron chi connectivity index (χ4n) is 4.46. The molecule has 3 heterocycles. The number of fused-ring (bicyclic) bond motifs is 1. The summed E-state index contributed by atoms with van der Waals surface area (Å²) in [4.78, 5) is 38.0. The quantitative estimate of drug-likeness (QED) is 0.658. The molecule has 2 fully saturated rings. The Kier molecular flexibility index (Phi) is 7.74. The molecule has 0 spiro atoms. The number of carbonyl (C=O) groups is 2. The van der Waals surface area contributed by atoms with E-state index in [1.165, 1.54) is 12.8 Å². The van der Waals surface area contributed by atoms with Crippen LogP contribution in [0, 0.1) is 0 Å². The summed E-state index contributed by atoms with van der Waals surface area (Å²) >= 11 is 0. The summed E-state index contributed by atoms with van der Waals surface area (Å²) in [6, 6.07) is 7.84. The van der Waals surface area contributed by atoms with Crippen LogP contribution in [0.4, 0.5) is 11.8 Å². The number of amides is 2. The molecule has 2 N–H and O–H groups in total. The lowest BCUT2D eigenvalue weighted by Crippen LogP contribution is -2.36. The summed E-state index contributed by atoms with van der Waals surface area (Å²) < 4.78 is 0. The second-order valence-corrected chi connectivity index (χ2v) is 8.65. The van der Waals surface area contributed by atoms with Crippen LogP contribution in [0.25, 0.3) is 10.9 Å². The van der Waals surface area contributed by atoms with Gasteiger partial charge in [-0.3, -0.25) is 9.59 Å². The molecule has 1 aromatic heterocycles. The van der Waals surface area contributed by atoms with Gasteiger partial charge in [0.05, 0.1) is 5.52 Å². The first-order chi connectivity index (χ1) is 15.7. The molecule has 0 radical (unpaired) electrons. The Morgan fingerprint density at radius 3 is 1.94 bits per heavy atom. The topological polar surface area (TPSA) is 90.5 Å². The maximum absolute atomic E-state index is 12.5. The molecule has 2 aliphatic heterocycles. The molecular weight excluding hydrogens is 404 g/mol. The molecule has 0 bridgehead atoms. The molecule has 172 valence electrons. The summed E-state index contributed by atoms with van der Waals surface area (Å²) in [5, 5.41) is 7.47. The number of hydrogen-bond acceptors (Lipinski definition) is 6. The first-order valence-corrected chi connectivity index (χ1v) is 12.0. The Bertz CT molecular complexity index is 922. The van der Waals surface area contributed by atoms with Gasteiger partial charge in [-0.2, -0.15) is 4.98 Å². The minimum absolute atomic E-state index is 0.188. The van der Waals surface area contributed by atoms with E-state index in [1.54, 1.807) is 0 Å². The van der Waals surface area contributed by atoms with Gasteiger partial charge in [0.1, 0.15) is 5.82 Å². The monoisotopic (exact) mass is 438 g/mol. The van der Waals surface area contributed by atoms with Gasteiger partial charge in [-0.1, -0.05) is 12.1 Å². The lowest BCUT2D eigenvalue weighted by atomic mass is 10.1. The van der Waals surface area contributed by atoms with Gasteiger partial charge in [0.15, 0.2) is 0 Å². The number of likely N-dealkylation sites (tertiary alicyclic amines) is 2. The van der Waals surface area contributed by atoms with Gasteiger partial charge >= 0.3 is 0 Å². The summed E-state index contributed by atoms with van der Waals surface area (Å²) in [5.41, 5.74) is 0.831. The predicted molar refractivity (Wildman–Crippen MR) is 127 cm³/mol. The van der Waals surface area contributed by atoms with E-state index in [-0.39, 0.29) is 11.8 Å². The summed E-state index contributed by atoms with van der Waals surface area (Å²) in [7, 11) is 0. The Hall–Kier alpha value is -2.90. The van der Waals surface area contributed by atoms with E-state index in [4.69, 9.17) is 0 Å². The number of carbonyl (C=O) groups excluding carboxylic acids is 2. The van der Waals surface area contributed by atoms with Gasteiger partial charge < -0.3 is 20.4 Å². The number of rotatable bonds is 8. The normalized spacial score (nSPS) is 16.8. The fourth-order valence-corrected chi connectivity index (χ4v) is 4.46. The molecule has 2 aromatic rings. The van der Waals surface area contributed by atoms with Crippen molar-refractivity contribution in [3.63, 3.8) is 0 Å². The molecular formula is C24H34N6O2. The van der Waals surface area contributed by atoms with Crippen molar-refractivity contribution in [1.82, 2.24) is 19.8 Å². The van der Waals surface area contributed by atoms with E-state index in [0.29, 0.717) is 37.7 Å². The van der Waals surface area contributed by atoms with Crippen LogP contribution in [0.2, 0.25) is 0 Å². The van der Waals surface area contributed by atoms with Crippen LogP contribution in [0.15, 0.2) is 24.3 Å². The average Bonchev–Trinajstić information content (AvgIpc) is 2.85. The van der Waals surface area contributed by atoms with Crippen molar-refractivity contribution in [2.75, 3.05) is 49.9 Å². The van der Waals surface area contributed by atoms with Crippen molar-refractivity contribution in [3.05, 3.63) is 24.3 Å². The largest absolute Gasteiger partial charge is 0.369 e. The van der Waals surface area contributed by atoms with E-state index < -0.39 is 0 Å². The van der Waals surface area contributed by atoms with E-state index in [9.17, 15) is 9.59 Å². The summed E-state index contributed by atoms with van der Waals surface area (Å²) in [6.07, 6.45) is 7.72. The lowest BCUT2D eigenvalue weighted by Gasteiger charge is -2.27. The Labute approximate surface area is 189 Å². The molecule has 2 aliphatic rings. The highest BCUT2D eigenvalue weighted by molar-refractivity contribution is 5.90.